The van der Waals surface area contributed by atoms with Crippen LogP contribution in [-0.2, 0) is 10.0 Å². The van der Waals surface area contributed by atoms with E-state index in [9.17, 15) is 13.2 Å². The van der Waals surface area contributed by atoms with Gasteiger partial charge in [0.2, 0.25) is 17.7 Å². The van der Waals surface area contributed by atoms with Gasteiger partial charge >= 0.3 is 0 Å². The molecule has 0 unspecified atom stereocenters. The molecule has 174 valence electrons. The molecule has 3 aromatic rings. The van der Waals surface area contributed by atoms with Crippen molar-refractivity contribution in [1.29, 1.82) is 0 Å². The molecular weight excluding hydrogens is 448 g/mol. The number of nitrogens with zero attached hydrogens (tertiary/aromatic N) is 2. The Morgan fingerprint density at radius 1 is 0.879 bits per heavy atom. The van der Waals surface area contributed by atoms with E-state index in [0.29, 0.717) is 23.5 Å². The first-order valence-electron chi connectivity index (χ1n) is 9.85. The lowest BCUT2D eigenvalue weighted by Crippen LogP contribution is -2.15. The van der Waals surface area contributed by atoms with E-state index in [1.54, 1.807) is 43.5 Å². The lowest BCUT2D eigenvalue weighted by molar-refractivity contribution is 0.0986. The Morgan fingerprint density at radius 3 is 2.03 bits per heavy atom. The minimum absolute atomic E-state index is 0.0118. The summed E-state index contributed by atoms with van der Waals surface area (Å²) in [5.41, 5.74) is 1.28. The van der Waals surface area contributed by atoms with Crippen LogP contribution in [0.25, 0.3) is 0 Å². The number of sulfonamides is 1. The molecule has 0 atom stereocenters. The fourth-order valence-electron chi connectivity index (χ4n) is 2.83. The summed E-state index contributed by atoms with van der Waals surface area (Å²) in [7, 11) is 0.431. The number of ketones is 1. The Balaban J connectivity index is 1.59. The molecule has 3 rings (SSSR count). The average Bonchev–Trinajstić information content (AvgIpc) is 2.83. The van der Waals surface area contributed by atoms with Crippen LogP contribution in [0.15, 0.2) is 59.5 Å². The highest BCUT2D eigenvalue weighted by atomic mass is 32.2. The monoisotopic (exact) mass is 472 g/mol. The quantitative estimate of drug-likeness (QED) is 0.405. The maximum atomic E-state index is 12.7. The van der Waals surface area contributed by atoms with Crippen LogP contribution in [0, 0.1) is 0 Å². The van der Waals surface area contributed by atoms with Crippen LogP contribution in [0.1, 0.15) is 16.8 Å². The number of aromatic nitrogens is 2. The van der Waals surface area contributed by atoms with E-state index in [-0.39, 0.29) is 34.8 Å². The van der Waals surface area contributed by atoms with Crippen LogP contribution >= 0.6 is 0 Å². The van der Waals surface area contributed by atoms with Crippen molar-refractivity contribution in [3.05, 3.63) is 60.2 Å². The molecule has 0 amide bonds. The molecule has 10 nitrogen and oxygen atoms in total. The summed E-state index contributed by atoms with van der Waals surface area (Å²) in [5.74, 6) is 0.811. The van der Waals surface area contributed by atoms with Crippen molar-refractivity contribution >= 4 is 27.4 Å². The van der Waals surface area contributed by atoms with Gasteiger partial charge in [-0.05, 0) is 48.5 Å². The third-order valence-corrected chi connectivity index (χ3v) is 5.92. The van der Waals surface area contributed by atoms with Crippen molar-refractivity contribution < 1.29 is 27.4 Å². The van der Waals surface area contributed by atoms with Crippen molar-refractivity contribution in [2.24, 2.45) is 0 Å². The van der Waals surface area contributed by atoms with Gasteiger partial charge in [0.25, 0.3) is 10.0 Å². The number of hydrogen-bond acceptors (Lipinski definition) is 9. The maximum absolute atomic E-state index is 12.7. The Bertz CT molecular complexity index is 1180. The maximum Gasteiger partial charge on any atom is 0.264 e. The summed E-state index contributed by atoms with van der Waals surface area (Å²) in [6, 6.07) is 14.4. The molecule has 11 heteroatoms. The van der Waals surface area contributed by atoms with Gasteiger partial charge in [0, 0.05) is 24.2 Å². The van der Waals surface area contributed by atoms with E-state index >= 15 is 0 Å². The number of rotatable bonds is 11. The molecular formula is C22H24N4O6S. The molecule has 2 N–H and O–H groups in total. The minimum atomic E-state index is -3.93. The van der Waals surface area contributed by atoms with E-state index in [0.717, 1.165) is 0 Å². The van der Waals surface area contributed by atoms with Crippen molar-refractivity contribution in [1.82, 2.24) is 9.97 Å². The first-order chi connectivity index (χ1) is 15.8. The van der Waals surface area contributed by atoms with Gasteiger partial charge in [0.1, 0.15) is 5.75 Å². The summed E-state index contributed by atoms with van der Waals surface area (Å²) in [6.07, 6.45) is 0.281. The van der Waals surface area contributed by atoms with Gasteiger partial charge in [-0.1, -0.05) is 0 Å². The summed E-state index contributed by atoms with van der Waals surface area (Å²) in [6.45, 7) is 0.395. The molecule has 0 spiro atoms. The number of ether oxygens (including phenoxy) is 3. The van der Waals surface area contributed by atoms with Crippen molar-refractivity contribution in [3.8, 4) is 17.5 Å². The minimum Gasteiger partial charge on any atom is -0.497 e. The topological polar surface area (TPSA) is 129 Å². The average molecular weight is 473 g/mol. The van der Waals surface area contributed by atoms with Gasteiger partial charge < -0.3 is 19.5 Å². The molecule has 1 heterocycles. The fourth-order valence-corrected chi connectivity index (χ4v) is 3.78. The van der Waals surface area contributed by atoms with Crippen LogP contribution in [0.5, 0.6) is 17.5 Å². The molecule has 0 aliphatic heterocycles. The van der Waals surface area contributed by atoms with Crippen molar-refractivity contribution in [2.45, 2.75) is 11.3 Å². The first kappa shape index (κ1) is 23.8. The first-order valence-corrected chi connectivity index (χ1v) is 11.3. The summed E-state index contributed by atoms with van der Waals surface area (Å²) in [4.78, 5) is 20.2. The molecule has 0 radical (unpaired) electrons. The second kappa shape index (κ2) is 10.6. The predicted molar refractivity (Wildman–Crippen MR) is 123 cm³/mol. The zero-order valence-electron chi connectivity index (χ0n) is 18.4. The zero-order chi connectivity index (χ0) is 23.8. The summed E-state index contributed by atoms with van der Waals surface area (Å²) >= 11 is 0. The molecule has 0 saturated carbocycles. The number of hydrogen-bond donors (Lipinski definition) is 2. The molecule has 1 aromatic heterocycles. The SMILES string of the molecule is COc1ccc(C(=O)CCNc2ccc(S(=O)(=O)Nc3nc(OC)cc(OC)n3)cc2)cc1. The van der Waals surface area contributed by atoms with Crippen molar-refractivity contribution in [2.75, 3.05) is 37.9 Å². The lowest BCUT2D eigenvalue weighted by Gasteiger charge is -2.10. The van der Waals surface area contributed by atoms with Crippen molar-refractivity contribution in [3.63, 3.8) is 0 Å². The number of anilines is 2. The molecule has 0 saturated heterocycles. The second-order valence-electron chi connectivity index (χ2n) is 6.73. The van der Waals surface area contributed by atoms with Crippen LogP contribution in [0.4, 0.5) is 11.6 Å². The van der Waals surface area contributed by atoms with Crippen LogP contribution in [0.2, 0.25) is 0 Å². The van der Waals surface area contributed by atoms with Gasteiger partial charge in [0.05, 0.1) is 32.3 Å². The highest BCUT2D eigenvalue weighted by Crippen LogP contribution is 2.21. The van der Waals surface area contributed by atoms with Gasteiger partial charge in [0.15, 0.2) is 5.78 Å². The second-order valence-corrected chi connectivity index (χ2v) is 8.42. The molecule has 0 fully saturated rings. The number of carbonyl (C=O) groups excluding carboxylic acids is 1. The van der Waals surface area contributed by atoms with Crippen LogP contribution in [-0.4, -0.2) is 52.0 Å². The van der Waals surface area contributed by atoms with Gasteiger partial charge in [-0.15, -0.1) is 0 Å². The Labute approximate surface area is 192 Å². The number of nitrogens with one attached hydrogen (secondary N) is 2. The molecule has 0 bridgehead atoms. The zero-order valence-corrected chi connectivity index (χ0v) is 19.2. The number of Topliss-reactive ketones (excluding diaryl/α,β-unsaturated/α-hetero) is 1. The third kappa shape index (κ3) is 6.32. The van der Waals surface area contributed by atoms with E-state index in [2.05, 4.69) is 20.0 Å². The highest BCUT2D eigenvalue weighted by molar-refractivity contribution is 7.92. The van der Waals surface area contributed by atoms with Gasteiger partial charge in [-0.2, -0.15) is 9.97 Å². The smallest absolute Gasteiger partial charge is 0.264 e. The molecule has 0 aliphatic carbocycles. The number of methoxy groups -OCH3 is 3. The van der Waals surface area contributed by atoms with E-state index < -0.39 is 10.0 Å². The number of benzene rings is 2. The normalized spacial score (nSPS) is 10.9. The number of carbonyl (C=O) groups is 1. The highest BCUT2D eigenvalue weighted by Gasteiger charge is 2.17. The molecule has 2 aromatic carbocycles. The predicted octanol–water partition coefficient (Wildman–Crippen LogP) is 2.99. The van der Waals surface area contributed by atoms with E-state index in [1.165, 1.54) is 32.4 Å². The Morgan fingerprint density at radius 2 is 1.48 bits per heavy atom. The molecule has 0 aliphatic rings. The summed E-state index contributed by atoms with van der Waals surface area (Å²) in [5, 5.41) is 3.11. The standard InChI is InChI=1S/C22H24N4O6S/c1-30-17-8-4-15(5-9-17)19(27)12-13-23-16-6-10-18(11-7-16)33(28,29)26-22-24-20(31-2)14-21(25-22)32-3/h4-11,14,23H,12-13H2,1-3H3,(H,24,25,26). The largest absolute Gasteiger partial charge is 0.497 e. The third-order valence-electron chi connectivity index (χ3n) is 4.58. The fraction of sp³-hybridized carbons (Fsp3) is 0.227. The van der Waals surface area contributed by atoms with Crippen LogP contribution in [0.3, 0.4) is 0 Å². The van der Waals surface area contributed by atoms with E-state index in [4.69, 9.17) is 14.2 Å². The van der Waals surface area contributed by atoms with Gasteiger partial charge in [-0.3, -0.25) is 4.79 Å². The van der Waals surface area contributed by atoms with Crippen LogP contribution < -0.4 is 24.2 Å². The van der Waals surface area contributed by atoms with E-state index in [1.807, 2.05) is 0 Å². The van der Waals surface area contributed by atoms with Gasteiger partial charge in [-0.25, -0.2) is 13.1 Å². The Kier molecular flexibility index (Phi) is 7.67. The summed E-state index contributed by atoms with van der Waals surface area (Å²) < 4.78 is 42.8. The molecule has 33 heavy (non-hydrogen) atoms. The Hall–Kier alpha value is -3.86. The lowest BCUT2D eigenvalue weighted by atomic mass is 10.1.